The van der Waals surface area contributed by atoms with E-state index in [0.29, 0.717) is 17.5 Å². The van der Waals surface area contributed by atoms with Gasteiger partial charge in [-0.3, -0.25) is 0 Å². The molecule has 0 bridgehead atoms. The molecule has 0 atom stereocenters. The van der Waals surface area contributed by atoms with Gasteiger partial charge in [0.2, 0.25) is 0 Å². The predicted octanol–water partition coefficient (Wildman–Crippen LogP) is 11.8. The van der Waals surface area contributed by atoms with Crippen LogP contribution in [0.5, 0.6) is 11.5 Å². The summed E-state index contributed by atoms with van der Waals surface area (Å²) < 4.78 is 8.87. The van der Waals surface area contributed by atoms with Gasteiger partial charge in [0.15, 0.2) is 17.5 Å². The fraction of sp³-hybridized carbons (Fsp3) is 0. The first-order chi connectivity index (χ1) is 23.8. The van der Waals surface area contributed by atoms with Crippen LogP contribution in [0.15, 0.2) is 152 Å². The first kappa shape index (κ1) is 27.0. The van der Waals surface area contributed by atoms with E-state index >= 15 is 0 Å². The van der Waals surface area contributed by atoms with E-state index in [-0.39, 0.29) is 0 Å². The van der Waals surface area contributed by atoms with E-state index in [1.54, 1.807) is 11.3 Å². The molecule has 4 nitrogen and oxygen atoms in total. The number of benzene rings is 7. The normalized spacial score (nSPS) is 11.9. The Hall–Kier alpha value is -6.17. The number of nitrogens with zero attached hydrogens (tertiary/aromatic N) is 3. The number of fused-ring (bicyclic) bond motifs is 5. The Balaban J connectivity index is 1.06. The highest BCUT2D eigenvalue weighted by molar-refractivity contribution is 7.26. The number of hydrogen-bond acceptors (Lipinski definition) is 5. The summed E-state index contributed by atoms with van der Waals surface area (Å²) in [5.74, 6) is 3.73. The maximum Gasteiger partial charge on any atom is 0.165 e. The van der Waals surface area contributed by atoms with Gasteiger partial charge in [-0.15, -0.1) is 11.3 Å². The Morgan fingerprint density at radius 3 is 1.92 bits per heavy atom. The summed E-state index contributed by atoms with van der Waals surface area (Å²) in [5, 5.41) is 4.82. The molecule has 0 saturated carbocycles. The van der Waals surface area contributed by atoms with Crippen LogP contribution in [0, 0.1) is 0 Å². The average molecular weight is 632 g/mol. The number of rotatable bonds is 4. The summed E-state index contributed by atoms with van der Waals surface area (Å²) in [7, 11) is 0. The van der Waals surface area contributed by atoms with Gasteiger partial charge in [0.25, 0.3) is 0 Å². The molecule has 0 N–H and O–H groups in total. The van der Waals surface area contributed by atoms with Gasteiger partial charge in [-0.05, 0) is 52.4 Å². The van der Waals surface area contributed by atoms with Crippen LogP contribution in [0.4, 0.5) is 0 Å². The summed E-state index contributed by atoms with van der Waals surface area (Å²) in [6.07, 6.45) is 0. The van der Waals surface area contributed by atoms with Crippen molar-refractivity contribution in [3.63, 3.8) is 0 Å². The molecule has 9 aromatic rings. The Kier molecular flexibility index (Phi) is 6.01. The zero-order valence-corrected chi connectivity index (χ0v) is 26.4. The van der Waals surface area contributed by atoms with E-state index in [1.807, 2.05) is 42.5 Å². The molecule has 0 spiro atoms. The van der Waals surface area contributed by atoms with Crippen molar-refractivity contribution in [1.82, 2.24) is 15.0 Å². The lowest BCUT2D eigenvalue weighted by Crippen LogP contribution is -2.00. The number of ether oxygens (including phenoxy) is 1. The first-order valence-electron chi connectivity index (χ1n) is 15.9. The first-order valence-corrected chi connectivity index (χ1v) is 16.8. The van der Waals surface area contributed by atoms with Gasteiger partial charge in [-0.1, -0.05) is 121 Å². The molecule has 2 aromatic heterocycles. The van der Waals surface area contributed by atoms with Crippen LogP contribution in [-0.4, -0.2) is 15.0 Å². The molecule has 0 unspecified atom stereocenters. The van der Waals surface area contributed by atoms with Crippen molar-refractivity contribution >= 4 is 42.3 Å². The maximum absolute atomic E-state index is 6.44. The molecule has 10 rings (SSSR count). The lowest BCUT2D eigenvalue weighted by atomic mass is 9.93. The maximum atomic E-state index is 6.44. The highest BCUT2D eigenvalue weighted by Crippen LogP contribution is 2.47. The van der Waals surface area contributed by atoms with Crippen LogP contribution in [0.1, 0.15) is 0 Å². The fourth-order valence-corrected chi connectivity index (χ4v) is 8.03. The van der Waals surface area contributed by atoms with Crippen LogP contribution in [0.25, 0.3) is 87.4 Å². The molecule has 3 heterocycles. The molecule has 0 radical (unpaired) electrons. The zero-order chi connectivity index (χ0) is 31.6. The van der Waals surface area contributed by atoms with E-state index in [4.69, 9.17) is 19.7 Å². The Bertz CT molecular complexity index is 2690. The van der Waals surface area contributed by atoms with E-state index in [1.165, 1.54) is 36.5 Å². The lowest BCUT2D eigenvalue weighted by molar-refractivity contribution is 0.487. The van der Waals surface area contributed by atoms with Crippen molar-refractivity contribution in [2.45, 2.75) is 0 Å². The monoisotopic (exact) mass is 631 g/mol. The van der Waals surface area contributed by atoms with E-state index in [0.717, 1.165) is 44.9 Å². The standard InChI is InChI=1S/C43H25N3OS/c1-2-9-28(10-3-1)41-44-42(46-43(45-41)35-16-8-15-34-32-13-4-5-18-38(32)48-40(34)35)29-21-19-26(20-22-29)30-23-24-31-33-14-6-11-27-12-7-17-36(39(27)33)47-37(31)25-30/h1-25H. The predicted molar refractivity (Wildman–Crippen MR) is 197 cm³/mol. The molecule has 7 aromatic carbocycles. The SMILES string of the molecule is c1ccc(-c2nc(-c3ccc(-c4ccc5c(c4)Oc4cccc6cccc-5c46)cc3)nc(-c3cccc4c3sc3ccccc34)n2)cc1. The Labute approximate surface area is 280 Å². The van der Waals surface area contributed by atoms with Crippen LogP contribution in [-0.2, 0) is 0 Å². The van der Waals surface area contributed by atoms with Crippen molar-refractivity contribution in [1.29, 1.82) is 0 Å². The molecule has 0 saturated heterocycles. The van der Waals surface area contributed by atoms with Gasteiger partial charge < -0.3 is 4.74 Å². The summed E-state index contributed by atoms with van der Waals surface area (Å²) in [6, 6.07) is 52.6. The summed E-state index contributed by atoms with van der Waals surface area (Å²) in [4.78, 5) is 15.1. The third-order valence-electron chi connectivity index (χ3n) is 9.15. The van der Waals surface area contributed by atoms with Crippen LogP contribution in [0.2, 0.25) is 0 Å². The third kappa shape index (κ3) is 4.33. The van der Waals surface area contributed by atoms with Crippen molar-refractivity contribution in [3.8, 4) is 67.9 Å². The van der Waals surface area contributed by atoms with E-state index in [2.05, 4.69) is 109 Å². The van der Waals surface area contributed by atoms with Gasteiger partial charge in [-0.25, -0.2) is 15.0 Å². The van der Waals surface area contributed by atoms with Gasteiger partial charge in [-0.2, -0.15) is 0 Å². The minimum absolute atomic E-state index is 0.641. The van der Waals surface area contributed by atoms with Gasteiger partial charge in [0, 0.05) is 47.8 Å². The largest absolute Gasteiger partial charge is 0.456 e. The summed E-state index contributed by atoms with van der Waals surface area (Å²) >= 11 is 1.78. The topological polar surface area (TPSA) is 47.9 Å². The molecule has 0 aliphatic carbocycles. The van der Waals surface area contributed by atoms with Crippen molar-refractivity contribution in [2.24, 2.45) is 0 Å². The summed E-state index contributed by atoms with van der Waals surface area (Å²) in [5.41, 5.74) is 7.39. The molecule has 0 amide bonds. The lowest BCUT2D eigenvalue weighted by Gasteiger charge is -2.22. The Morgan fingerprint density at radius 2 is 1.06 bits per heavy atom. The van der Waals surface area contributed by atoms with Crippen molar-refractivity contribution in [3.05, 3.63) is 152 Å². The van der Waals surface area contributed by atoms with Crippen LogP contribution >= 0.6 is 11.3 Å². The minimum Gasteiger partial charge on any atom is -0.456 e. The highest BCUT2D eigenvalue weighted by atomic mass is 32.1. The van der Waals surface area contributed by atoms with Crippen LogP contribution in [0.3, 0.4) is 0 Å². The fourth-order valence-electron chi connectivity index (χ4n) is 6.82. The smallest absolute Gasteiger partial charge is 0.165 e. The van der Waals surface area contributed by atoms with E-state index in [9.17, 15) is 0 Å². The quantitative estimate of drug-likeness (QED) is 0.194. The number of hydrogen-bond donors (Lipinski definition) is 0. The van der Waals surface area contributed by atoms with Crippen molar-refractivity contribution < 1.29 is 4.74 Å². The second-order valence-corrected chi connectivity index (χ2v) is 13.1. The second kappa shape index (κ2) is 10.7. The molecule has 0 fully saturated rings. The van der Waals surface area contributed by atoms with Gasteiger partial charge >= 0.3 is 0 Å². The van der Waals surface area contributed by atoms with Crippen molar-refractivity contribution in [2.75, 3.05) is 0 Å². The summed E-state index contributed by atoms with van der Waals surface area (Å²) in [6.45, 7) is 0. The molecule has 5 heteroatoms. The number of thiophene rings is 1. The van der Waals surface area contributed by atoms with Gasteiger partial charge in [0.1, 0.15) is 11.5 Å². The highest BCUT2D eigenvalue weighted by Gasteiger charge is 2.21. The van der Waals surface area contributed by atoms with E-state index < -0.39 is 0 Å². The number of aromatic nitrogens is 3. The average Bonchev–Trinajstić information content (AvgIpc) is 3.54. The molecular weight excluding hydrogens is 607 g/mol. The van der Waals surface area contributed by atoms with Gasteiger partial charge in [0.05, 0.1) is 0 Å². The zero-order valence-electron chi connectivity index (χ0n) is 25.6. The Morgan fingerprint density at radius 1 is 0.417 bits per heavy atom. The minimum atomic E-state index is 0.641. The molecule has 224 valence electrons. The molecule has 1 aliphatic heterocycles. The molecule has 1 aliphatic rings. The van der Waals surface area contributed by atoms with Crippen LogP contribution < -0.4 is 4.74 Å². The third-order valence-corrected chi connectivity index (χ3v) is 10.4. The molecule has 48 heavy (non-hydrogen) atoms. The second-order valence-electron chi connectivity index (χ2n) is 12.0. The molecular formula is C43H25N3OS.